The van der Waals surface area contributed by atoms with E-state index in [1.807, 2.05) is 32.0 Å². The number of ether oxygens (including phenoxy) is 1. The molecule has 0 fully saturated rings. The highest BCUT2D eigenvalue weighted by Gasteiger charge is 2.19. The van der Waals surface area contributed by atoms with Gasteiger partial charge in [-0.3, -0.25) is 15.5 Å². The molecule has 2 rings (SSSR count). The molecule has 2 aromatic carbocycles. The first-order valence-electron chi connectivity index (χ1n) is 7.55. The summed E-state index contributed by atoms with van der Waals surface area (Å²) in [7, 11) is 1.31. The minimum absolute atomic E-state index is 0.0169. The number of aromatic hydroxyl groups is 1. The fraction of sp³-hybridized carbons (Fsp3) is 0.176. The van der Waals surface area contributed by atoms with Crippen molar-refractivity contribution in [3.63, 3.8) is 0 Å². The second kappa shape index (κ2) is 8.26. The molecule has 0 atom stereocenters. The zero-order valence-corrected chi connectivity index (χ0v) is 15.3. The van der Waals surface area contributed by atoms with Gasteiger partial charge in [-0.25, -0.2) is 0 Å². The number of nitro groups is 1. The Kier molecular flexibility index (Phi) is 6.07. The first-order valence-corrected chi connectivity index (χ1v) is 7.96. The number of nitro benzene ring substituents is 1. The molecular weight excluding hydrogens is 356 g/mol. The predicted molar refractivity (Wildman–Crippen MR) is 104 cm³/mol. The van der Waals surface area contributed by atoms with E-state index in [-0.39, 0.29) is 10.9 Å². The van der Waals surface area contributed by atoms with Gasteiger partial charge in [0, 0.05) is 17.3 Å². The monoisotopic (exact) mass is 374 g/mol. The standard InChI is InChI=1S/C17H18N4O4S/c1-10-5-4-6-13(11(10)2)19-17(26)20-18-9-12-7-14(21(23)24)16(22)15(8-12)25-3/h4-9,22H,1-3H3,(H2,19,20,26)/b18-9+. The Labute approximate surface area is 155 Å². The zero-order valence-electron chi connectivity index (χ0n) is 14.4. The van der Waals surface area contributed by atoms with Crippen molar-refractivity contribution in [2.45, 2.75) is 13.8 Å². The Morgan fingerprint density at radius 3 is 2.77 bits per heavy atom. The van der Waals surface area contributed by atoms with Crippen molar-refractivity contribution >= 4 is 34.9 Å². The summed E-state index contributed by atoms with van der Waals surface area (Å²) in [5, 5.41) is 28.0. The Balaban J connectivity index is 2.10. The maximum absolute atomic E-state index is 11.0. The van der Waals surface area contributed by atoms with Crippen molar-refractivity contribution in [3.05, 3.63) is 57.1 Å². The van der Waals surface area contributed by atoms with Crippen LogP contribution in [0, 0.1) is 24.0 Å². The van der Waals surface area contributed by atoms with Gasteiger partial charge in [-0.1, -0.05) is 12.1 Å². The van der Waals surface area contributed by atoms with E-state index in [0.29, 0.717) is 5.56 Å². The van der Waals surface area contributed by atoms with Crippen LogP contribution in [0.5, 0.6) is 11.5 Å². The fourth-order valence-electron chi connectivity index (χ4n) is 2.19. The summed E-state index contributed by atoms with van der Waals surface area (Å²) in [6.07, 6.45) is 1.34. The first kappa shape index (κ1) is 19.1. The average molecular weight is 374 g/mol. The van der Waals surface area contributed by atoms with Crippen molar-refractivity contribution in [2.24, 2.45) is 5.10 Å². The van der Waals surface area contributed by atoms with Crippen LogP contribution in [0.15, 0.2) is 35.4 Å². The van der Waals surface area contributed by atoms with E-state index in [9.17, 15) is 15.2 Å². The number of hydrogen-bond donors (Lipinski definition) is 3. The van der Waals surface area contributed by atoms with Gasteiger partial charge in [0.25, 0.3) is 0 Å². The van der Waals surface area contributed by atoms with Gasteiger partial charge in [0.1, 0.15) is 0 Å². The molecule has 26 heavy (non-hydrogen) atoms. The molecule has 0 unspecified atom stereocenters. The highest BCUT2D eigenvalue weighted by molar-refractivity contribution is 7.80. The predicted octanol–water partition coefficient (Wildman–Crippen LogP) is 3.25. The smallest absolute Gasteiger partial charge is 0.315 e. The summed E-state index contributed by atoms with van der Waals surface area (Å²) in [5.41, 5.74) is 5.60. The van der Waals surface area contributed by atoms with E-state index in [1.54, 1.807) is 0 Å². The van der Waals surface area contributed by atoms with Gasteiger partial charge in [0.05, 0.1) is 18.2 Å². The molecule has 0 bridgehead atoms. The van der Waals surface area contributed by atoms with Crippen molar-refractivity contribution in [1.29, 1.82) is 0 Å². The molecule has 0 saturated carbocycles. The van der Waals surface area contributed by atoms with Crippen LogP contribution in [0.3, 0.4) is 0 Å². The second-order valence-corrected chi connectivity index (χ2v) is 5.83. The topological polar surface area (TPSA) is 109 Å². The van der Waals surface area contributed by atoms with Crippen molar-refractivity contribution in [2.75, 3.05) is 12.4 Å². The maximum Gasteiger partial charge on any atom is 0.315 e. The number of benzene rings is 2. The fourth-order valence-corrected chi connectivity index (χ4v) is 2.35. The average Bonchev–Trinajstić information content (AvgIpc) is 2.59. The molecule has 0 aliphatic carbocycles. The van der Waals surface area contributed by atoms with Crippen molar-refractivity contribution in [3.8, 4) is 11.5 Å². The number of methoxy groups -OCH3 is 1. The Hall–Kier alpha value is -3.20. The molecule has 2 aromatic rings. The van der Waals surface area contributed by atoms with E-state index in [2.05, 4.69) is 15.8 Å². The number of hydrazone groups is 1. The summed E-state index contributed by atoms with van der Waals surface area (Å²) < 4.78 is 4.93. The number of phenolic OH excluding ortho intramolecular Hbond substituents is 1. The second-order valence-electron chi connectivity index (χ2n) is 5.42. The van der Waals surface area contributed by atoms with Crippen LogP contribution in [0.1, 0.15) is 16.7 Å². The van der Waals surface area contributed by atoms with Gasteiger partial charge in [-0.05, 0) is 49.3 Å². The molecule has 0 aliphatic heterocycles. The van der Waals surface area contributed by atoms with E-state index in [1.165, 1.54) is 25.5 Å². The highest BCUT2D eigenvalue weighted by atomic mass is 32.1. The van der Waals surface area contributed by atoms with Crippen molar-refractivity contribution in [1.82, 2.24) is 5.43 Å². The van der Waals surface area contributed by atoms with Gasteiger partial charge in [-0.15, -0.1) is 0 Å². The molecule has 0 aliphatic rings. The largest absolute Gasteiger partial charge is 0.500 e. The number of aryl methyl sites for hydroxylation is 1. The third kappa shape index (κ3) is 4.45. The quantitative estimate of drug-likeness (QED) is 0.319. The molecule has 3 N–H and O–H groups in total. The highest BCUT2D eigenvalue weighted by Crippen LogP contribution is 2.36. The number of nitrogens with zero attached hydrogens (tertiary/aromatic N) is 2. The summed E-state index contributed by atoms with van der Waals surface area (Å²) in [5.74, 6) is -0.550. The lowest BCUT2D eigenvalue weighted by molar-refractivity contribution is -0.386. The lowest BCUT2D eigenvalue weighted by Crippen LogP contribution is -2.24. The van der Waals surface area contributed by atoms with Crippen LogP contribution in [-0.4, -0.2) is 28.5 Å². The van der Waals surface area contributed by atoms with Gasteiger partial charge in [0.15, 0.2) is 10.9 Å². The molecule has 8 nitrogen and oxygen atoms in total. The van der Waals surface area contributed by atoms with E-state index in [4.69, 9.17) is 17.0 Å². The lowest BCUT2D eigenvalue weighted by atomic mass is 10.1. The molecule has 0 amide bonds. The molecule has 0 spiro atoms. The van der Waals surface area contributed by atoms with Crippen LogP contribution in [0.4, 0.5) is 11.4 Å². The van der Waals surface area contributed by atoms with Gasteiger partial charge < -0.3 is 15.2 Å². The van der Waals surface area contributed by atoms with Crippen molar-refractivity contribution < 1.29 is 14.8 Å². The number of thiocarbonyl (C=S) groups is 1. The van der Waals surface area contributed by atoms with E-state index >= 15 is 0 Å². The van der Waals surface area contributed by atoms with Crippen LogP contribution < -0.4 is 15.5 Å². The number of nitrogens with one attached hydrogen (secondary N) is 2. The molecule has 0 saturated heterocycles. The van der Waals surface area contributed by atoms with Gasteiger partial charge >= 0.3 is 5.69 Å². The van der Waals surface area contributed by atoms with Crippen LogP contribution in [0.25, 0.3) is 0 Å². The van der Waals surface area contributed by atoms with Crippen LogP contribution in [0.2, 0.25) is 0 Å². The SMILES string of the molecule is COc1cc(/C=N/NC(=S)Nc2cccc(C)c2C)cc([N+](=O)[O-])c1O. The Bertz CT molecular complexity index is 883. The third-order valence-electron chi connectivity index (χ3n) is 3.73. The van der Waals surface area contributed by atoms with Crippen LogP contribution in [-0.2, 0) is 0 Å². The summed E-state index contributed by atoms with van der Waals surface area (Å²) in [6, 6.07) is 8.42. The van der Waals surface area contributed by atoms with E-state index < -0.39 is 16.4 Å². The van der Waals surface area contributed by atoms with Gasteiger partial charge in [0.2, 0.25) is 5.75 Å². The number of hydrogen-bond acceptors (Lipinski definition) is 6. The maximum atomic E-state index is 11.0. The summed E-state index contributed by atoms with van der Waals surface area (Å²) >= 11 is 5.18. The summed E-state index contributed by atoms with van der Waals surface area (Å²) in [6.45, 7) is 3.98. The Morgan fingerprint density at radius 2 is 2.12 bits per heavy atom. The minimum atomic E-state index is -0.699. The van der Waals surface area contributed by atoms with Gasteiger partial charge in [-0.2, -0.15) is 5.10 Å². The molecule has 0 aromatic heterocycles. The molecule has 9 heteroatoms. The lowest BCUT2D eigenvalue weighted by Gasteiger charge is -2.11. The number of rotatable bonds is 5. The normalized spacial score (nSPS) is 10.6. The van der Waals surface area contributed by atoms with Crippen LogP contribution >= 0.6 is 12.2 Å². The summed E-state index contributed by atoms with van der Waals surface area (Å²) in [4.78, 5) is 10.3. The molecule has 0 radical (unpaired) electrons. The number of phenols is 1. The molecule has 0 heterocycles. The Morgan fingerprint density at radius 1 is 1.38 bits per heavy atom. The number of anilines is 1. The molecular formula is C17H18N4O4S. The first-order chi connectivity index (χ1) is 12.3. The minimum Gasteiger partial charge on any atom is -0.500 e. The van der Waals surface area contributed by atoms with E-state index in [0.717, 1.165) is 16.8 Å². The zero-order chi connectivity index (χ0) is 19.3. The molecule has 136 valence electrons. The third-order valence-corrected chi connectivity index (χ3v) is 3.92.